The SMILES string of the molecule is COc1ccc(NC(=O)CCC2CCN(C(=O)CCc3cnccn3)CC2)c(OC)c1. The molecule has 0 spiro atoms. The summed E-state index contributed by atoms with van der Waals surface area (Å²) in [7, 11) is 3.15. The summed E-state index contributed by atoms with van der Waals surface area (Å²) in [6.45, 7) is 1.50. The molecule has 1 aromatic heterocycles. The third kappa shape index (κ3) is 6.67. The summed E-state index contributed by atoms with van der Waals surface area (Å²) < 4.78 is 10.5. The van der Waals surface area contributed by atoms with Crippen LogP contribution in [0.15, 0.2) is 36.8 Å². The van der Waals surface area contributed by atoms with E-state index in [9.17, 15) is 9.59 Å². The van der Waals surface area contributed by atoms with Crippen LogP contribution in [0.2, 0.25) is 0 Å². The van der Waals surface area contributed by atoms with Gasteiger partial charge < -0.3 is 19.7 Å². The second kappa shape index (κ2) is 11.3. The normalized spacial score (nSPS) is 14.2. The van der Waals surface area contributed by atoms with Gasteiger partial charge in [-0.15, -0.1) is 0 Å². The summed E-state index contributed by atoms with van der Waals surface area (Å²) in [4.78, 5) is 35.0. The number of methoxy groups -OCH3 is 2. The summed E-state index contributed by atoms with van der Waals surface area (Å²) in [6, 6.07) is 5.31. The predicted octanol–water partition coefficient (Wildman–Crippen LogP) is 3.08. The number of amides is 2. The Bertz CT molecular complexity index is 867. The maximum Gasteiger partial charge on any atom is 0.224 e. The predicted molar refractivity (Wildman–Crippen MR) is 117 cm³/mol. The van der Waals surface area contributed by atoms with Crippen LogP contribution in [0, 0.1) is 5.92 Å². The van der Waals surface area contributed by atoms with Gasteiger partial charge in [0.1, 0.15) is 11.5 Å². The van der Waals surface area contributed by atoms with Gasteiger partial charge in [-0.05, 0) is 43.7 Å². The van der Waals surface area contributed by atoms with Crippen molar-refractivity contribution in [2.24, 2.45) is 5.92 Å². The first-order valence-corrected chi connectivity index (χ1v) is 10.6. The Morgan fingerprint density at radius 3 is 2.61 bits per heavy atom. The Morgan fingerprint density at radius 1 is 1.13 bits per heavy atom. The zero-order valence-electron chi connectivity index (χ0n) is 18.2. The first-order valence-electron chi connectivity index (χ1n) is 10.6. The number of nitrogens with zero attached hydrogens (tertiary/aromatic N) is 3. The number of hydrogen-bond acceptors (Lipinski definition) is 6. The van der Waals surface area contributed by atoms with E-state index < -0.39 is 0 Å². The molecule has 8 nitrogen and oxygen atoms in total. The number of aryl methyl sites for hydroxylation is 1. The van der Waals surface area contributed by atoms with Crippen molar-refractivity contribution < 1.29 is 19.1 Å². The lowest BCUT2D eigenvalue weighted by Gasteiger charge is -2.32. The molecule has 2 amide bonds. The average molecular weight is 427 g/mol. The largest absolute Gasteiger partial charge is 0.497 e. The summed E-state index contributed by atoms with van der Waals surface area (Å²) >= 11 is 0. The first-order chi connectivity index (χ1) is 15.1. The van der Waals surface area contributed by atoms with Gasteiger partial charge in [0.05, 0.1) is 25.6 Å². The fraction of sp³-hybridized carbons (Fsp3) is 0.478. The van der Waals surface area contributed by atoms with Crippen molar-refractivity contribution in [3.63, 3.8) is 0 Å². The second-order valence-corrected chi connectivity index (χ2v) is 7.67. The quantitative estimate of drug-likeness (QED) is 0.662. The lowest BCUT2D eigenvalue weighted by atomic mass is 9.92. The Balaban J connectivity index is 1.38. The zero-order chi connectivity index (χ0) is 22.1. The van der Waals surface area contributed by atoms with Gasteiger partial charge >= 0.3 is 0 Å². The molecule has 0 saturated carbocycles. The highest BCUT2D eigenvalue weighted by Crippen LogP contribution is 2.29. The van der Waals surface area contributed by atoms with Crippen molar-refractivity contribution >= 4 is 17.5 Å². The van der Waals surface area contributed by atoms with Crippen LogP contribution in [0.5, 0.6) is 11.5 Å². The number of piperidine rings is 1. The third-order valence-electron chi connectivity index (χ3n) is 5.64. The molecule has 8 heteroatoms. The fourth-order valence-electron chi connectivity index (χ4n) is 3.77. The number of likely N-dealkylation sites (tertiary alicyclic amines) is 1. The molecule has 1 aliphatic heterocycles. The van der Waals surface area contributed by atoms with Crippen molar-refractivity contribution in [1.82, 2.24) is 14.9 Å². The van der Waals surface area contributed by atoms with Crippen molar-refractivity contribution in [3.8, 4) is 11.5 Å². The minimum absolute atomic E-state index is 0.0362. The molecule has 0 radical (unpaired) electrons. The van der Waals surface area contributed by atoms with E-state index in [1.54, 1.807) is 51.0 Å². The van der Waals surface area contributed by atoms with Gasteiger partial charge in [-0.1, -0.05) is 0 Å². The molecule has 0 atom stereocenters. The van der Waals surface area contributed by atoms with E-state index in [4.69, 9.17) is 9.47 Å². The standard InChI is InChI=1S/C23H30N4O4/c1-30-19-5-6-20(21(15-19)31-2)26-22(28)7-3-17-9-13-27(14-10-17)23(29)8-4-18-16-24-11-12-25-18/h5-6,11-12,15-17H,3-4,7-10,13-14H2,1-2H3,(H,26,28). The Morgan fingerprint density at radius 2 is 1.94 bits per heavy atom. The molecule has 2 aromatic rings. The van der Waals surface area contributed by atoms with Crippen LogP contribution < -0.4 is 14.8 Å². The maximum absolute atomic E-state index is 12.4. The Labute approximate surface area is 183 Å². The van der Waals surface area contributed by atoms with E-state index in [0.29, 0.717) is 42.4 Å². The molecule has 2 heterocycles. The number of benzene rings is 1. The van der Waals surface area contributed by atoms with Crippen LogP contribution in [0.25, 0.3) is 0 Å². The molecule has 1 fully saturated rings. The lowest BCUT2D eigenvalue weighted by Crippen LogP contribution is -2.38. The van der Waals surface area contributed by atoms with Gasteiger partial charge in [-0.3, -0.25) is 19.6 Å². The van der Waals surface area contributed by atoms with E-state index in [1.807, 2.05) is 4.90 Å². The fourth-order valence-corrected chi connectivity index (χ4v) is 3.77. The third-order valence-corrected chi connectivity index (χ3v) is 5.64. The van der Waals surface area contributed by atoms with Crippen molar-refractivity contribution in [2.75, 3.05) is 32.6 Å². The van der Waals surface area contributed by atoms with E-state index >= 15 is 0 Å². The minimum Gasteiger partial charge on any atom is -0.497 e. The number of anilines is 1. The van der Waals surface area contributed by atoms with Crippen LogP contribution >= 0.6 is 0 Å². The van der Waals surface area contributed by atoms with Crippen molar-refractivity contribution in [3.05, 3.63) is 42.5 Å². The van der Waals surface area contributed by atoms with Gasteiger partial charge in [0.25, 0.3) is 0 Å². The molecule has 31 heavy (non-hydrogen) atoms. The molecule has 3 rings (SSSR count). The van der Waals surface area contributed by atoms with Crippen LogP contribution in [-0.2, 0) is 16.0 Å². The molecule has 1 N–H and O–H groups in total. The maximum atomic E-state index is 12.4. The average Bonchev–Trinajstić information content (AvgIpc) is 2.82. The van der Waals surface area contributed by atoms with Gasteiger partial charge in [-0.2, -0.15) is 0 Å². The van der Waals surface area contributed by atoms with Crippen LogP contribution in [-0.4, -0.2) is 54.0 Å². The smallest absolute Gasteiger partial charge is 0.224 e. The van der Waals surface area contributed by atoms with Gasteiger partial charge in [0, 0.05) is 50.6 Å². The monoisotopic (exact) mass is 426 g/mol. The number of nitrogens with one attached hydrogen (secondary N) is 1. The summed E-state index contributed by atoms with van der Waals surface area (Å²) in [5.41, 5.74) is 1.47. The highest BCUT2D eigenvalue weighted by atomic mass is 16.5. The minimum atomic E-state index is -0.0362. The molecular weight excluding hydrogens is 396 g/mol. The van der Waals surface area contributed by atoms with E-state index in [-0.39, 0.29) is 11.8 Å². The highest BCUT2D eigenvalue weighted by molar-refractivity contribution is 5.92. The van der Waals surface area contributed by atoms with Gasteiger partial charge in [0.15, 0.2) is 0 Å². The topological polar surface area (TPSA) is 93.7 Å². The van der Waals surface area contributed by atoms with E-state index in [0.717, 1.165) is 38.0 Å². The van der Waals surface area contributed by atoms with E-state index in [2.05, 4.69) is 15.3 Å². The number of aromatic nitrogens is 2. The number of rotatable bonds is 9. The number of hydrogen-bond donors (Lipinski definition) is 1. The highest BCUT2D eigenvalue weighted by Gasteiger charge is 2.23. The van der Waals surface area contributed by atoms with Crippen LogP contribution in [0.4, 0.5) is 5.69 Å². The molecule has 0 aliphatic carbocycles. The number of carbonyl (C=O) groups is 2. The summed E-state index contributed by atoms with van der Waals surface area (Å²) in [5.74, 6) is 1.82. The molecular formula is C23H30N4O4. The number of carbonyl (C=O) groups excluding carboxylic acids is 2. The van der Waals surface area contributed by atoms with E-state index in [1.165, 1.54) is 0 Å². The van der Waals surface area contributed by atoms with Gasteiger partial charge in [-0.25, -0.2) is 0 Å². The molecule has 166 valence electrons. The molecule has 0 unspecified atom stereocenters. The van der Waals surface area contributed by atoms with Crippen molar-refractivity contribution in [1.29, 1.82) is 0 Å². The summed E-state index contributed by atoms with van der Waals surface area (Å²) in [6.07, 6.45) is 9.15. The number of ether oxygens (including phenoxy) is 2. The molecule has 1 saturated heterocycles. The lowest BCUT2D eigenvalue weighted by molar-refractivity contribution is -0.132. The molecule has 0 bridgehead atoms. The van der Waals surface area contributed by atoms with Crippen molar-refractivity contribution in [2.45, 2.75) is 38.5 Å². The molecule has 1 aliphatic rings. The Kier molecular flexibility index (Phi) is 8.20. The molecule has 1 aromatic carbocycles. The van der Waals surface area contributed by atoms with Crippen LogP contribution in [0.3, 0.4) is 0 Å². The zero-order valence-corrected chi connectivity index (χ0v) is 18.2. The second-order valence-electron chi connectivity index (χ2n) is 7.67. The van der Waals surface area contributed by atoms with Gasteiger partial charge in [0.2, 0.25) is 11.8 Å². The Hall–Kier alpha value is -3.16. The summed E-state index contributed by atoms with van der Waals surface area (Å²) in [5, 5.41) is 2.92. The van der Waals surface area contributed by atoms with Crippen LogP contribution in [0.1, 0.15) is 37.8 Å². The first kappa shape index (κ1) is 22.5.